The molecular formula is C27H32F3N3O2. The van der Waals surface area contributed by atoms with Gasteiger partial charge in [-0.2, -0.15) is 13.2 Å². The highest BCUT2D eigenvalue weighted by molar-refractivity contribution is 5.81. The molecule has 1 aromatic heterocycles. The Kier molecular flexibility index (Phi) is 6.84. The summed E-state index contributed by atoms with van der Waals surface area (Å²) in [6.07, 6.45) is -0.417. The van der Waals surface area contributed by atoms with E-state index in [1.165, 1.54) is 19.2 Å². The largest absolute Gasteiger partial charge is 0.469 e. The topological polar surface area (TPSA) is 56.1 Å². The number of carbonyl (C=O) groups excluding carboxylic acids is 1. The molecule has 1 aliphatic rings. The smallest absolute Gasteiger partial charge is 0.416 e. The third kappa shape index (κ3) is 5.80. The van der Waals surface area contributed by atoms with Gasteiger partial charge in [0, 0.05) is 18.2 Å². The van der Waals surface area contributed by atoms with Crippen molar-refractivity contribution in [1.29, 1.82) is 0 Å². The number of benzene rings is 2. The van der Waals surface area contributed by atoms with Gasteiger partial charge in [0.25, 0.3) is 0 Å². The molecule has 1 heterocycles. The summed E-state index contributed by atoms with van der Waals surface area (Å²) in [5, 5.41) is 3.27. The number of methoxy groups -OCH3 is 1. The van der Waals surface area contributed by atoms with E-state index in [2.05, 4.69) is 30.7 Å². The SMILES string of the molecule is COC(=O)CCc1ccc2c(c1)nc(Nc1ccc(C(F)(F)F)cc1)n2C1CC(C)CC(C)(C)C1. The van der Waals surface area contributed by atoms with Gasteiger partial charge >= 0.3 is 12.1 Å². The maximum Gasteiger partial charge on any atom is 0.416 e. The molecule has 188 valence electrons. The minimum absolute atomic E-state index is 0.172. The molecule has 2 atom stereocenters. The van der Waals surface area contributed by atoms with Crippen LogP contribution in [0.2, 0.25) is 0 Å². The van der Waals surface area contributed by atoms with Crippen LogP contribution in [0.1, 0.15) is 63.6 Å². The van der Waals surface area contributed by atoms with Crippen molar-refractivity contribution in [3.8, 4) is 0 Å². The molecule has 2 aromatic carbocycles. The zero-order chi connectivity index (χ0) is 25.4. The van der Waals surface area contributed by atoms with Crippen molar-refractivity contribution in [3.05, 3.63) is 53.6 Å². The maximum atomic E-state index is 13.0. The summed E-state index contributed by atoms with van der Waals surface area (Å²) in [5.74, 6) is 0.887. The molecule has 2 unspecified atom stereocenters. The highest BCUT2D eigenvalue weighted by atomic mass is 19.4. The van der Waals surface area contributed by atoms with E-state index in [-0.39, 0.29) is 23.8 Å². The van der Waals surface area contributed by atoms with E-state index in [0.717, 1.165) is 48.0 Å². The van der Waals surface area contributed by atoms with Gasteiger partial charge < -0.3 is 14.6 Å². The van der Waals surface area contributed by atoms with Gasteiger partial charge in [0.05, 0.1) is 23.7 Å². The average molecular weight is 488 g/mol. The Balaban J connectivity index is 1.72. The first-order valence-electron chi connectivity index (χ1n) is 12.0. The number of hydrogen-bond donors (Lipinski definition) is 1. The Morgan fingerprint density at radius 3 is 2.51 bits per heavy atom. The molecule has 0 amide bonds. The first kappa shape index (κ1) is 25.1. The number of carbonyl (C=O) groups is 1. The number of hydrogen-bond acceptors (Lipinski definition) is 4. The van der Waals surface area contributed by atoms with Crippen LogP contribution in [-0.2, 0) is 22.1 Å². The fourth-order valence-electron chi connectivity index (χ4n) is 5.47. The van der Waals surface area contributed by atoms with Crippen molar-refractivity contribution < 1.29 is 22.7 Å². The molecule has 4 rings (SSSR count). The van der Waals surface area contributed by atoms with Gasteiger partial charge in [-0.1, -0.05) is 26.8 Å². The number of anilines is 2. The lowest BCUT2D eigenvalue weighted by atomic mass is 9.70. The van der Waals surface area contributed by atoms with Gasteiger partial charge in [-0.3, -0.25) is 4.79 Å². The lowest BCUT2D eigenvalue weighted by Crippen LogP contribution is -2.29. The van der Waals surface area contributed by atoms with Crippen molar-refractivity contribution in [2.24, 2.45) is 11.3 Å². The fourth-order valence-corrected chi connectivity index (χ4v) is 5.47. The summed E-state index contributed by atoms with van der Waals surface area (Å²) in [7, 11) is 1.37. The monoisotopic (exact) mass is 487 g/mol. The fraction of sp³-hybridized carbons (Fsp3) is 0.481. The van der Waals surface area contributed by atoms with Crippen LogP contribution in [0.15, 0.2) is 42.5 Å². The Bertz CT molecular complexity index is 1200. The standard InChI is InChI=1S/C27H32F3N3O2/c1-17-13-21(16-26(2,3)15-17)33-23-11-5-18(6-12-24(34)35-4)14-22(23)32-25(33)31-20-9-7-19(8-10-20)27(28,29)30/h5,7-11,14,17,21H,6,12-13,15-16H2,1-4H3,(H,31,32). The van der Waals surface area contributed by atoms with Crippen LogP contribution in [0, 0.1) is 11.3 Å². The molecule has 35 heavy (non-hydrogen) atoms. The maximum absolute atomic E-state index is 13.0. The number of aryl methyl sites for hydroxylation is 1. The van der Waals surface area contributed by atoms with Crippen molar-refractivity contribution in [2.45, 2.75) is 65.1 Å². The quantitative estimate of drug-likeness (QED) is 0.371. The van der Waals surface area contributed by atoms with Gasteiger partial charge in [0.1, 0.15) is 0 Å². The molecule has 0 radical (unpaired) electrons. The van der Waals surface area contributed by atoms with E-state index in [0.29, 0.717) is 24.0 Å². The molecule has 0 bridgehead atoms. The highest BCUT2D eigenvalue weighted by Crippen LogP contribution is 2.46. The van der Waals surface area contributed by atoms with Crippen LogP contribution in [-0.4, -0.2) is 22.6 Å². The number of imidazole rings is 1. The summed E-state index contributed by atoms with van der Waals surface area (Å²) in [4.78, 5) is 16.4. The van der Waals surface area contributed by atoms with Gasteiger partial charge in [0.2, 0.25) is 5.95 Å². The van der Waals surface area contributed by atoms with E-state index in [1.54, 1.807) is 0 Å². The Labute approximate surface area is 203 Å². The predicted octanol–water partition coefficient (Wildman–Crippen LogP) is 7.29. The summed E-state index contributed by atoms with van der Waals surface area (Å²) < 4.78 is 46.0. The van der Waals surface area contributed by atoms with Gasteiger partial charge in [-0.05, 0) is 79.0 Å². The second kappa shape index (κ2) is 9.55. The Morgan fingerprint density at radius 1 is 1.17 bits per heavy atom. The molecule has 8 heteroatoms. The molecular weight excluding hydrogens is 455 g/mol. The molecule has 5 nitrogen and oxygen atoms in total. The van der Waals surface area contributed by atoms with E-state index >= 15 is 0 Å². The first-order chi connectivity index (χ1) is 16.4. The zero-order valence-electron chi connectivity index (χ0n) is 20.6. The van der Waals surface area contributed by atoms with Crippen LogP contribution in [0.5, 0.6) is 0 Å². The lowest BCUT2D eigenvalue weighted by molar-refractivity contribution is -0.140. The number of nitrogens with one attached hydrogen (secondary N) is 1. The molecule has 0 saturated heterocycles. The van der Waals surface area contributed by atoms with E-state index < -0.39 is 11.7 Å². The summed E-state index contributed by atoms with van der Waals surface area (Å²) in [6, 6.07) is 11.2. The van der Waals surface area contributed by atoms with Crippen LogP contribution >= 0.6 is 0 Å². The third-order valence-corrected chi connectivity index (χ3v) is 6.80. The van der Waals surface area contributed by atoms with Crippen molar-refractivity contribution in [1.82, 2.24) is 9.55 Å². The van der Waals surface area contributed by atoms with Crippen LogP contribution in [0.4, 0.5) is 24.8 Å². The van der Waals surface area contributed by atoms with Crippen molar-refractivity contribution in [2.75, 3.05) is 12.4 Å². The Hall–Kier alpha value is -3.03. The van der Waals surface area contributed by atoms with Crippen LogP contribution < -0.4 is 5.32 Å². The number of ether oxygens (including phenoxy) is 1. The second-order valence-corrected chi connectivity index (χ2v) is 10.5. The molecule has 1 N–H and O–H groups in total. The lowest BCUT2D eigenvalue weighted by Gasteiger charge is -2.40. The number of alkyl halides is 3. The predicted molar refractivity (Wildman–Crippen MR) is 131 cm³/mol. The van der Waals surface area contributed by atoms with Crippen LogP contribution in [0.25, 0.3) is 11.0 Å². The number of rotatable bonds is 6. The number of nitrogens with zero attached hydrogens (tertiary/aromatic N) is 2. The Morgan fingerprint density at radius 2 is 1.89 bits per heavy atom. The third-order valence-electron chi connectivity index (χ3n) is 6.80. The number of esters is 1. The van der Waals surface area contributed by atoms with Gasteiger partial charge in [0.15, 0.2) is 0 Å². The van der Waals surface area contributed by atoms with Crippen molar-refractivity contribution >= 4 is 28.6 Å². The summed E-state index contributed by atoms with van der Waals surface area (Å²) in [5.41, 5.74) is 2.77. The molecule has 0 spiro atoms. The number of aromatic nitrogens is 2. The van der Waals surface area contributed by atoms with Crippen molar-refractivity contribution in [3.63, 3.8) is 0 Å². The van der Waals surface area contributed by atoms with E-state index in [4.69, 9.17) is 9.72 Å². The normalized spacial score (nSPS) is 20.1. The van der Waals surface area contributed by atoms with Crippen LogP contribution in [0.3, 0.4) is 0 Å². The summed E-state index contributed by atoms with van der Waals surface area (Å²) >= 11 is 0. The molecule has 3 aromatic rings. The average Bonchev–Trinajstić information content (AvgIpc) is 3.12. The minimum Gasteiger partial charge on any atom is -0.469 e. The van der Waals surface area contributed by atoms with Gasteiger partial charge in [-0.15, -0.1) is 0 Å². The zero-order valence-corrected chi connectivity index (χ0v) is 20.6. The van der Waals surface area contributed by atoms with Gasteiger partial charge in [-0.25, -0.2) is 4.98 Å². The van der Waals surface area contributed by atoms with E-state index in [1.807, 2.05) is 18.2 Å². The molecule has 1 fully saturated rings. The number of halogens is 3. The summed E-state index contributed by atoms with van der Waals surface area (Å²) in [6.45, 7) is 6.83. The number of fused-ring (bicyclic) bond motifs is 1. The second-order valence-electron chi connectivity index (χ2n) is 10.5. The molecule has 1 saturated carbocycles. The highest BCUT2D eigenvalue weighted by Gasteiger charge is 2.35. The first-order valence-corrected chi connectivity index (χ1v) is 12.0. The van der Waals surface area contributed by atoms with E-state index in [9.17, 15) is 18.0 Å². The molecule has 1 aliphatic carbocycles. The minimum atomic E-state index is -4.38. The molecule has 0 aliphatic heterocycles.